The first kappa shape index (κ1) is 14.7. The fourth-order valence-corrected chi connectivity index (χ4v) is 4.44. The number of rotatable bonds is 4. The van der Waals surface area contributed by atoms with Gasteiger partial charge in [-0.25, -0.2) is 0 Å². The van der Waals surface area contributed by atoms with E-state index in [1.54, 1.807) is 11.3 Å². The Hall–Kier alpha value is 0.250. The van der Waals surface area contributed by atoms with E-state index >= 15 is 0 Å². The summed E-state index contributed by atoms with van der Waals surface area (Å²) in [5.74, 6) is 0. The van der Waals surface area contributed by atoms with Crippen LogP contribution >= 0.6 is 59.1 Å². The minimum absolute atomic E-state index is 0.207. The van der Waals surface area contributed by atoms with Crippen LogP contribution in [0.3, 0.4) is 0 Å². The van der Waals surface area contributed by atoms with E-state index < -0.39 is 0 Å². The van der Waals surface area contributed by atoms with E-state index in [1.165, 1.54) is 4.88 Å². The first-order valence-corrected chi connectivity index (χ1v) is 8.57. The zero-order chi connectivity index (χ0) is 13.1. The Balaban J connectivity index is 2.22. The van der Waals surface area contributed by atoms with E-state index in [2.05, 4.69) is 69.5 Å². The minimum atomic E-state index is 0.207. The second kappa shape index (κ2) is 6.61. The molecule has 0 radical (unpaired) electrons. The van der Waals surface area contributed by atoms with Crippen LogP contribution in [0.1, 0.15) is 16.6 Å². The van der Waals surface area contributed by atoms with Crippen LogP contribution in [0.4, 0.5) is 0 Å². The lowest BCUT2D eigenvalue weighted by molar-refractivity contribution is 0.577. The molecular weight excluding hydrogens is 444 g/mol. The standard InChI is InChI=1S/C12H11Br3N2S/c1-16-11(4-9-2-8(14)6-18-9)12-10(15)3-7(13)5-17-12/h2-3,5-6,11,16H,4H2,1H3. The third-order valence-corrected chi connectivity index (χ3v) is 5.33. The molecule has 2 nitrogen and oxygen atoms in total. The molecule has 2 heterocycles. The molecule has 0 aromatic carbocycles. The van der Waals surface area contributed by atoms with Gasteiger partial charge in [-0.2, -0.15) is 0 Å². The van der Waals surface area contributed by atoms with Gasteiger partial charge in [-0.1, -0.05) is 0 Å². The summed E-state index contributed by atoms with van der Waals surface area (Å²) < 4.78 is 3.14. The van der Waals surface area contributed by atoms with Crippen LogP contribution in [0.2, 0.25) is 0 Å². The predicted molar refractivity (Wildman–Crippen MR) is 87.2 cm³/mol. The topological polar surface area (TPSA) is 24.9 Å². The van der Waals surface area contributed by atoms with Crippen LogP contribution in [0.25, 0.3) is 0 Å². The summed E-state index contributed by atoms with van der Waals surface area (Å²) in [4.78, 5) is 5.82. The lowest BCUT2D eigenvalue weighted by atomic mass is 10.1. The zero-order valence-corrected chi connectivity index (χ0v) is 15.2. The summed E-state index contributed by atoms with van der Waals surface area (Å²) >= 11 is 12.2. The van der Waals surface area contributed by atoms with Gasteiger partial charge in [0.2, 0.25) is 0 Å². The molecule has 18 heavy (non-hydrogen) atoms. The summed E-state index contributed by atoms with van der Waals surface area (Å²) in [6, 6.07) is 4.39. The average Bonchev–Trinajstić information content (AvgIpc) is 2.72. The van der Waals surface area contributed by atoms with Crippen molar-refractivity contribution in [2.75, 3.05) is 7.05 Å². The number of likely N-dealkylation sites (N-methyl/N-ethyl adjacent to an activating group) is 1. The van der Waals surface area contributed by atoms with Crippen LogP contribution in [0, 0.1) is 0 Å². The van der Waals surface area contributed by atoms with Crippen molar-refractivity contribution in [3.63, 3.8) is 0 Å². The third kappa shape index (κ3) is 3.63. The van der Waals surface area contributed by atoms with Crippen molar-refractivity contribution in [3.05, 3.63) is 47.7 Å². The SMILES string of the molecule is CNC(Cc1cc(Br)cs1)c1ncc(Br)cc1Br. The van der Waals surface area contributed by atoms with Gasteiger partial charge in [-0.15, -0.1) is 11.3 Å². The first-order valence-electron chi connectivity index (χ1n) is 5.31. The van der Waals surface area contributed by atoms with Gasteiger partial charge in [0.25, 0.3) is 0 Å². The molecule has 0 amide bonds. The monoisotopic (exact) mass is 452 g/mol. The average molecular weight is 455 g/mol. The van der Waals surface area contributed by atoms with Crippen molar-refractivity contribution in [2.24, 2.45) is 0 Å². The number of aromatic nitrogens is 1. The Bertz CT molecular complexity index is 542. The number of pyridine rings is 1. The highest BCUT2D eigenvalue weighted by atomic mass is 79.9. The number of hydrogen-bond acceptors (Lipinski definition) is 3. The Morgan fingerprint density at radius 3 is 2.61 bits per heavy atom. The maximum atomic E-state index is 4.49. The molecule has 2 aromatic heterocycles. The van der Waals surface area contributed by atoms with Crippen molar-refractivity contribution in [2.45, 2.75) is 12.5 Å². The van der Waals surface area contributed by atoms with Crippen LogP contribution in [-0.4, -0.2) is 12.0 Å². The van der Waals surface area contributed by atoms with Gasteiger partial charge < -0.3 is 5.32 Å². The minimum Gasteiger partial charge on any atom is -0.311 e. The molecule has 96 valence electrons. The summed E-state index contributed by atoms with van der Waals surface area (Å²) in [6.45, 7) is 0. The van der Waals surface area contributed by atoms with E-state index in [1.807, 2.05) is 19.3 Å². The first-order chi connectivity index (χ1) is 8.60. The molecule has 0 bridgehead atoms. The van der Waals surface area contributed by atoms with Gasteiger partial charge in [0.15, 0.2) is 0 Å². The van der Waals surface area contributed by atoms with Crippen LogP contribution < -0.4 is 5.32 Å². The molecule has 0 spiro atoms. The Morgan fingerprint density at radius 2 is 2.06 bits per heavy atom. The van der Waals surface area contributed by atoms with E-state index in [9.17, 15) is 0 Å². The van der Waals surface area contributed by atoms with Gasteiger partial charge in [-0.05, 0) is 67.0 Å². The highest BCUT2D eigenvalue weighted by molar-refractivity contribution is 9.11. The molecule has 0 aliphatic heterocycles. The second-order valence-corrected chi connectivity index (χ2v) is 7.48. The van der Waals surface area contributed by atoms with Crippen molar-refractivity contribution in [3.8, 4) is 0 Å². The Labute approximate surface area is 136 Å². The van der Waals surface area contributed by atoms with Crippen molar-refractivity contribution >= 4 is 59.1 Å². The number of hydrogen-bond donors (Lipinski definition) is 1. The fraction of sp³-hybridized carbons (Fsp3) is 0.250. The number of nitrogens with zero attached hydrogens (tertiary/aromatic N) is 1. The summed E-state index contributed by atoms with van der Waals surface area (Å²) in [7, 11) is 1.96. The fourth-order valence-electron chi connectivity index (χ4n) is 1.68. The van der Waals surface area contributed by atoms with Gasteiger partial charge in [0, 0.05) is 36.3 Å². The van der Waals surface area contributed by atoms with Crippen LogP contribution in [-0.2, 0) is 6.42 Å². The molecule has 1 unspecified atom stereocenters. The molecule has 6 heteroatoms. The van der Waals surface area contributed by atoms with Crippen molar-refractivity contribution in [1.82, 2.24) is 10.3 Å². The van der Waals surface area contributed by atoms with E-state index in [-0.39, 0.29) is 6.04 Å². The van der Waals surface area contributed by atoms with E-state index in [0.717, 1.165) is 25.5 Å². The second-order valence-electron chi connectivity index (χ2n) is 3.80. The lowest BCUT2D eigenvalue weighted by Crippen LogP contribution is -2.20. The molecule has 0 aliphatic rings. The molecule has 0 saturated carbocycles. The maximum absolute atomic E-state index is 4.49. The highest BCUT2D eigenvalue weighted by Gasteiger charge is 2.16. The summed E-state index contributed by atoms with van der Waals surface area (Å²) in [6.07, 6.45) is 2.76. The number of halogens is 3. The van der Waals surface area contributed by atoms with Gasteiger partial charge in [-0.3, -0.25) is 4.98 Å². The Morgan fingerprint density at radius 1 is 1.28 bits per heavy atom. The van der Waals surface area contributed by atoms with E-state index in [4.69, 9.17) is 0 Å². The zero-order valence-electron chi connectivity index (χ0n) is 9.58. The lowest BCUT2D eigenvalue weighted by Gasteiger charge is -2.16. The van der Waals surface area contributed by atoms with Crippen molar-refractivity contribution in [1.29, 1.82) is 0 Å². The molecule has 2 rings (SSSR count). The quantitative estimate of drug-likeness (QED) is 0.708. The van der Waals surface area contributed by atoms with Crippen molar-refractivity contribution < 1.29 is 0 Å². The smallest absolute Gasteiger partial charge is 0.0719 e. The summed E-state index contributed by atoms with van der Waals surface area (Å²) in [5.41, 5.74) is 1.03. The van der Waals surface area contributed by atoms with Crippen LogP contribution in [0.5, 0.6) is 0 Å². The molecule has 1 atom stereocenters. The highest BCUT2D eigenvalue weighted by Crippen LogP contribution is 2.29. The van der Waals surface area contributed by atoms with Gasteiger partial charge >= 0.3 is 0 Å². The number of thiophene rings is 1. The van der Waals surface area contributed by atoms with Gasteiger partial charge in [0.1, 0.15) is 0 Å². The van der Waals surface area contributed by atoms with E-state index in [0.29, 0.717) is 0 Å². The normalized spacial score (nSPS) is 12.7. The van der Waals surface area contributed by atoms with Gasteiger partial charge in [0.05, 0.1) is 11.7 Å². The number of nitrogens with one attached hydrogen (secondary N) is 1. The third-order valence-electron chi connectivity index (χ3n) is 2.54. The molecule has 0 aliphatic carbocycles. The Kier molecular flexibility index (Phi) is 5.38. The summed E-state index contributed by atoms with van der Waals surface area (Å²) in [5, 5.41) is 5.42. The maximum Gasteiger partial charge on any atom is 0.0719 e. The predicted octanol–water partition coefficient (Wildman–Crippen LogP) is 4.93. The molecule has 0 saturated heterocycles. The molecule has 0 fully saturated rings. The molecular formula is C12H11Br3N2S. The molecule has 1 N–H and O–H groups in total. The van der Waals surface area contributed by atoms with Crippen LogP contribution in [0.15, 0.2) is 37.1 Å². The molecule has 2 aromatic rings. The largest absolute Gasteiger partial charge is 0.311 e.